The van der Waals surface area contributed by atoms with Crippen LogP contribution in [0.5, 0.6) is 46.0 Å². The zero-order valence-corrected chi connectivity index (χ0v) is 55.8. The quantitative estimate of drug-likeness (QED) is 0.0743. The van der Waals surface area contributed by atoms with Crippen molar-refractivity contribution in [3.63, 3.8) is 0 Å². The second kappa shape index (κ2) is 30.2. The Morgan fingerprint density at radius 3 is 1.90 bits per heavy atom. The second-order valence-corrected chi connectivity index (χ2v) is 26.5. The Morgan fingerprint density at radius 2 is 1.32 bits per heavy atom. The van der Waals surface area contributed by atoms with Crippen molar-refractivity contribution in [2.75, 3.05) is 13.7 Å². The van der Waals surface area contributed by atoms with Gasteiger partial charge in [-0.3, -0.25) is 33.6 Å². The van der Waals surface area contributed by atoms with E-state index in [1.54, 1.807) is 0 Å². The van der Waals surface area contributed by atoms with Crippen molar-refractivity contribution < 1.29 is 118 Å². The molecule has 0 aliphatic carbocycles. The maximum atomic E-state index is 16.0. The lowest BCUT2D eigenvalue weighted by atomic mass is 9.86. The van der Waals surface area contributed by atoms with Crippen LogP contribution < -0.4 is 62.9 Å². The summed E-state index contributed by atoms with van der Waals surface area (Å²) in [6.07, 6.45) is -18.6. The summed E-state index contributed by atoms with van der Waals surface area (Å²) in [5.41, 5.74) is 8.00. The number of aliphatic carboxylic acids is 1. The first kappa shape index (κ1) is 74.5. The van der Waals surface area contributed by atoms with E-state index in [1.165, 1.54) is 33.0 Å². The van der Waals surface area contributed by atoms with Crippen LogP contribution in [-0.2, 0) is 52.6 Å². The average Bonchev–Trinajstić information content (AvgIpc) is 0.775. The van der Waals surface area contributed by atoms with Crippen LogP contribution in [0.4, 0.5) is 0 Å². The smallest absolute Gasteiger partial charge is 0.330 e. The third kappa shape index (κ3) is 15.8. The molecule has 33 nitrogen and oxygen atoms in total. The number of carbonyl (C=O) groups is 8. The second-order valence-electron chi connectivity index (χ2n) is 25.7. The van der Waals surface area contributed by atoms with Crippen LogP contribution in [0.3, 0.4) is 0 Å². The van der Waals surface area contributed by atoms with Crippen molar-refractivity contribution in [1.29, 1.82) is 0 Å². The van der Waals surface area contributed by atoms with E-state index in [-0.39, 0.29) is 46.2 Å². The van der Waals surface area contributed by atoms with E-state index >= 15 is 14.4 Å². The molecule has 2 fully saturated rings. The third-order valence-electron chi connectivity index (χ3n) is 17.8. The van der Waals surface area contributed by atoms with Gasteiger partial charge in [0.15, 0.2) is 29.9 Å². The van der Waals surface area contributed by atoms with Gasteiger partial charge < -0.3 is 128 Å². The number of halogens is 2. The number of carboxylic acids is 1. The van der Waals surface area contributed by atoms with E-state index in [1.807, 2.05) is 13.8 Å². The summed E-state index contributed by atoms with van der Waals surface area (Å²) in [6.45, 7) is 5.66. The van der Waals surface area contributed by atoms with Crippen LogP contribution in [-0.4, -0.2) is 191 Å². The molecule has 0 saturated carbocycles. The molecular weight excluding hydrogens is 1370 g/mol. The molecule has 0 unspecified atom stereocenters. The van der Waals surface area contributed by atoms with Crippen molar-refractivity contribution >= 4 is 70.5 Å². The van der Waals surface area contributed by atoms with Crippen molar-refractivity contribution in [3.05, 3.63) is 117 Å². The minimum Gasteiger partial charge on any atom is -0.508 e. The molecular formula is C66H75Cl2N9O24. The number of aliphatic hydroxyl groups excluding tert-OH is 6. The fourth-order valence-electron chi connectivity index (χ4n) is 12.5. The fourth-order valence-corrected chi connectivity index (χ4v) is 12.9. The summed E-state index contributed by atoms with van der Waals surface area (Å²) < 4.78 is 38.3. The molecule has 11 bridgehead atoms. The third-order valence-corrected chi connectivity index (χ3v) is 18.4. The highest BCUT2D eigenvalue weighted by Gasteiger charge is 2.51. The lowest BCUT2D eigenvalue weighted by molar-refractivity contribution is -0.333. The van der Waals surface area contributed by atoms with Crippen LogP contribution in [0.1, 0.15) is 105 Å². The minimum absolute atomic E-state index is 0.0975. The normalized spacial score (nSPS) is 29.4. The topological polar surface area (TPSA) is 530 Å². The highest BCUT2D eigenvalue weighted by Crippen LogP contribution is 2.50. The number of primary amides is 1. The summed E-state index contributed by atoms with van der Waals surface area (Å²) in [4.78, 5) is 117. The standard InChI is InChI=1S/C66H75Cl2N9O24/c1-23(2)12-34(71-5)58(88)76-49-51(83)26-7-10-38(32(67)14-26)97-40-16-28-17-41(55(40)101-65-56(54(86)53(85)42(22-78)99-65)100-44-21-66(4,70)57(87)24(3)96-44)98-39-11-8-27(15-33(39)68)52(84)50-63(93)75-48(64(94)95)31-18-29(79)19-37(81)45(31)30-13-25(6-9-36(30)80)46(60(90)77-50)74-61(91)47(28)73-59(89)35(20-43(69)82)72-62(49)92/h6-11,13-19,23-24,34-35,42,44,46-54,56-57,65,71,78-81,83-87H,12,20-22,70H2,1-5H3,(H2,69,82)(H,72,92)(H,73,89)(H,74,91)(H,75,93)(H,76,88)(H,77,90)(H,94,95)/t24-,34-,35+,42-,44+,46+,47-,48-,49-,50-,51-,52+,53+,54+,56-,57+,65+,66-/m0/s1. The maximum absolute atomic E-state index is 16.0. The zero-order chi connectivity index (χ0) is 73.5. The van der Waals surface area contributed by atoms with Gasteiger partial charge in [0.2, 0.25) is 53.4 Å². The van der Waals surface area contributed by atoms with Gasteiger partial charge in [-0.05, 0) is 110 Å². The van der Waals surface area contributed by atoms with Gasteiger partial charge in [0.25, 0.3) is 0 Å². The van der Waals surface area contributed by atoms with Crippen LogP contribution in [0.25, 0.3) is 11.1 Å². The van der Waals surface area contributed by atoms with Gasteiger partial charge in [0.05, 0.1) is 41.3 Å². The molecule has 5 aromatic carbocycles. The van der Waals surface area contributed by atoms with Crippen molar-refractivity contribution in [2.45, 2.75) is 156 Å². The number of phenolic OH excluding ortho intramolecular Hbond substituents is 3. The number of phenols is 3. The van der Waals surface area contributed by atoms with Gasteiger partial charge in [0.1, 0.15) is 89.5 Å². The van der Waals surface area contributed by atoms with Gasteiger partial charge in [-0.25, -0.2) is 4.79 Å². The number of benzene rings is 5. The fraction of sp³-hybridized carbons (Fsp3) is 0.424. The number of nitrogens with two attached hydrogens (primary N) is 2. The molecule has 7 heterocycles. The lowest BCUT2D eigenvalue weighted by Crippen LogP contribution is -2.64. The predicted molar refractivity (Wildman–Crippen MR) is 349 cm³/mol. The van der Waals surface area contributed by atoms with Crippen LogP contribution in [0.2, 0.25) is 10.0 Å². The molecule has 5 aromatic rings. The molecule has 21 N–H and O–H groups in total. The number of likely N-dealkylation sites (N-methyl/N-ethyl adjacent to an activating group) is 1. The van der Waals surface area contributed by atoms with Gasteiger partial charge >= 0.3 is 5.97 Å². The Hall–Kier alpha value is -9.20. The number of rotatable bonds is 13. The molecule has 101 heavy (non-hydrogen) atoms. The number of amides is 7. The Labute approximate surface area is 584 Å². The van der Waals surface area contributed by atoms with Gasteiger partial charge in [-0.15, -0.1) is 0 Å². The number of carboxylic acid groups (broad SMARTS) is 1. The number of hydrogen-bond acceptors (Lipinski definition) is 25. The highest BCUT2D eigenvalue weighted by molar-refractivity contribution is 6.32. The van der Waals surface area contributed by atoms with Crippen LogP contribution in [0, 0.1) is 5.92 Å². The monoisotopic (exact) mass is 1450 g/mol. The molecule has 542 valence electrons. The summed E-state index contributed by atoms with van der Waals surface area (Å²) >= 11 is 14.1. The molecule has 7 aliphatic heterocycles. The predicted octanol–water partition coefficient (Wildman–Crippen LogP) is 0.106. The maximum Gasteiger partial charge on any atom is 0.330 e. The number of hydrogen-bond donors (Lipinski definition) is 19. The van der Waals surface area contributed by atoms with Gasteiger partial charge in [-0.2, -0.15) is 0 Å². The summed E-state index contributed by atoms with van der Waals surface area (Å²) in [6, 6.07) is -0.679. The molecule has 2 saturated heterocycles. The molecule has 0 aromatic heterocycles. The first-order chi connectivity index (χ1) is 47.7. The Balaban J connectivity index is 1.24. The SMILES string of the molecule is CN[C@@H](CC(C)C)C(=O)N[C@@H]1C(=O)N[C@H](CC(N)=O)C(=O)N[C@@H]2C(=O)N[C@H]3C(=O)N[C@H](C(=O)N[C@H](C(=O)O)c4cc(O)cc(O)c4-c4cc3ccc4O)[C@H](O)c3ccc(c(Cl)c3)Oc3cc2cc(c3O[C@H]2O[C@@H](CO)[C@@H](O)[C@@H](O)[C@@H]2O[C@@H]2C[C@](C)(N)[C@H](O)[C@H](C)O2)Oc2ccc(cc2Cl)[C@@H]1O. The molecule has 18 atom stereocenters. The Morgan fingerprint density at radius 1 is 0.713 bits per heavy atom. The number of carbonyl (C=O) groups excluding carboxylic acids is 7. The van der Waals surface area contributed by atoms with Crippen LogP contribution >= 0.6 is 23.2 Å². The van der Waals surface area contributed by atoms with Gasteiger partial charge in [0, 0.05) is 34.7 Å². The van der Waals surface area contributed by atoms with E-state index in [0.29, 0.717) is 0 Å². The van der Waals surface area contributed by atoms with Crippen molar-refractivity contribution in [3.8, 4) is 57.1 Å². The highest BCUT2D eigenvalue weighted by atomic mass is 35.5. The number of fused-ring (bicyclic) bond motifs is 15. The Kier molecular flexibility index (Phi) is 22.2. The summed E-state index contributed by atoms with van der Waals surface area (Å²) in [5, 5.41) is 131. The van der Waals surface area contributed by atoms with Crippen LogP contribution in [0.15, 0.2) is 78.9 Å². The molecule has 35 heteroatoms. The number of nitrogens with one attached hydrogen (secondary N) is 7. The number of aliphatic hydroxyl groups is 6. The van der Waals surface area contributed by atoms with E-state index < -0.39 is 237 Å². The number of ether oxygens (including phenoxy) is 6. The van der Waals surface area contributed by atoms with E-state index in [9.17, 15) is 75.0 Å². The van der Waals surface area contributed by atoms with Crippen molar-refractivity contribution in [1.82, 2.24) is 37.2 Å². The van der Waals surface area contributed by atoms with Crippen molar-refractivity contribution in [2.24, 2.45) is 17.4 Å². The molecule has 7 amide bonds. The summed E-state index contributed by atoms with van der Waals surface area (Å²) in [5.74, 6) is -16.0. The lowest BCUT2D eigenvalue weighted by Gasteiger charge is -2.47. The Bertz CT molecular complexity index is 4070. The molecule has 7 aliphatic rings. The van der Waals surface area contributed by atoms with E-state index in [2.05, 4.69) is 37.2 Å². The van der Waals surface area contributed by atoms with Gasteiger partial charge in [-0.1, -0.05) is 55.2 Å². The summed E-state index contributed by atoms with van der Waals surface area (Å²) in [7, 11) is 1.47. The average molecular weight is 1450 g/mol. The molecule has 0 radical (unpaired) electrons. The minimum atomic E-state index is -2.35. The first-order valence-electron chi connectivity index (χ1n) is 31.6. The zero-order valence-electron chi connectivity index (χ0n) is 54.3. The first-order valence-corrected chi connectivity index (χ1v) is 32.4. The number of aromatic hydroxyl groups is 3. The molecule has 12 rings (SSSR count). The van der Waals surface area contributed by atoms with E-state index in [4.69, 9.17) is 63.1 Å². The largest absolute Gasteiger partial charge is 0.508 e. The molecule has 0 spiro atoms. The van der Waals surface area contributed by atoms with E-state index in [0.717, 1.165) is 66.7 Å².